The third-order valence-corrected chi connectivity index (χ3v) is 4.87. The second-order valence-electron chi connectivity index (χ2n) is 5.92. The number of aromatic amines is 1. The zero-order valence-corrected chi connectivity index (χ0v) is 12.3. The Bertz CT molecular complexity index is 636. The minimum absolute atomic E-state index is 0.00950. The molecular weight excluding hydrogens is 266 g/mol. The number of aromatic nitrogens is 2. The van der Waals surface area contributed by atoms with Crippen LogP contribution in [0.5, 0.6) is 0 Å². The number of para-hydroxylation sites is 1. The van der Waals surface area contributed by atoms with Crippen LogP contribution in [0, 0.1) is 5.41 Å². The molecule has 112 valence electrons. The van der Waals surface area contributed by atoms with E-state index in [0.29, 0.717) is 18.8 Å². The van der Waals surface area contributed by atoms with Gasteiger partial charge in [-0.15, -0.1) is 0 Å². The lowest BCUT2D eigenvalue weighted by Crippen LogP contribution is -2.44. The first-order chi connectivity index (χ1) is 10.2. The van der Waals surface area contributed by atoms with Gasteiger partial charge in [-0.1, -0.05) is 25.1 Å². The molecule has 1 aliphatic heterocycles. The van der Waals surface area contributed by atoms with Crippen molar-refractivity contribution in [1.82, 2.24) is 15.1 Å². The van der Waals surface area contributed by atoms with Gasteiger partial charge in [0.1, 0.15) is 0 Å². The van der Waals surface area contributed by atoms with Crippen LogP contribution in [-0.4, -0.2) is 45.8 Å². The van der Waals surface area contributed by atoms with Crippen molar-refractivity contribution in [3.8, 4) is 0 Å². The van der Waals surface area contributed by atoms with Crippen LogP contribution in [0.25, 0.3) is 10.9 Å². The molecule has 0 spiro atoms. The molecule has 1 saturated heterocycles. The van der Waals surface area contributed by atoms with Crippen molar-refractivity contribution in [2.45, 2.75) is 26.2 Å². The standard InChI is InChI=1S/C16H21N3O2/c1-2-16(11-20)7-9-19(10-8-16)15(21)14-12-5-3-4-6-13(12)17-18-14/h3-6,20H,2,7-11H2,1H3,(H,17,18). The van der Waals surface area contributed by atoms with Crippen molar-refractivity contribution in [2.24, 2.45) is 5.41 Å². The molecule has 1 aromatic heterocycles. The Kier molecular flexibility index (Phi) is 3.68. The summed E-state index contributed by atoms with van der Waals surface area (Å²) in [5, 5.41) is 17.5. The predicted octanol–water partition coefficient (Wildman–Crippen LogP) is 2.19. The molecule has 5 nitrogen and oxygen atoms in total. The third-order valence-electron chi connectivity index (χ3n) is 4.87. The molecule has 2 aromatic rings. The zero-order valence-electron chi connectivity index (χ0n) is 12.3. The van der Waals surface area contributed by atoms with Gasteiger partial charge in [0.15, 0.2) is 5.69 Å². The van der Waals surface area contributed by atoms with E-state index in [9.17, 15) is 9.90 Å². The molecule has 3 rings (SSSR count). The van der Waals surface area contributed by atoms with Crippen LogP contribution in [0.2, 0.25) is 0 Å². The van der Waals surface area contributed by atoms with Gasteiger partial charge in [-0.25, -0.2) is 0 Å². The number of carbonyl (C=O) groups excluding carboxylic acids is 1. The third kappa shape index (κ3) is 2.42. The molecule has 2 N–H and O–H groups in total. The molecule has 0 atom stereocenters. The van der Waals surface area contributed by atoms with Crippen molar-refractivity contribution in [3.05, 3.63) is 30.0 Å². The fourth-order valence-electron chi connectivity index (χ4n) is 3.08. The number of likely N-dealkylation sites (tertiary alicyclic amines) is 1. The summed E-state index contributed by atoms with van der Waals surface area (Å²) in [4.78, 5) is 14.5. The Labute approximate surface area is 124 Å². The van der Waals surface area contributed by atoms with E-state index in [4.69, 9.17) is 0 Å². The number of aliphatic hydroxyl groups is 1. The molecule has 1 amide bonds. The second kappa shape index (κ2) is 5.48. The Balaban J connectivity index is 1.78. The smallest absolute Gasteiger partial charge is 0.274 e. The number of hydrogen-bond donors (Lipinski definition) is 2. The van der Waals surface area contributed by atoms with Crippen LogP contribution in [0.1, 0.15) is 36.7 Å². The molecule has 1 aromatic carbocycles. The largest absolute Gasteiger partial charge is 0.396 e. The number of piperidine rings is 1. The monoisotopic (exact) mass is 287 g/mol. The lowest BCUT2D eigenvalue weighted by atomic mass is 9.77. The number of benzene rings is 1. The van der Waals surface area contributed by atoms with Crippen molar-refractivity contribution < 1.29 is 9.90 Å². The van der Waals surface area contributed by atoms with E-state index in [1.165, 1.54) is 0 Å². The van der Waals surface area contributed by atoms with Crippen molar-refractivity contribution >= 4 is 16.8 Å². The summed E-state index contributed by atoms with van der Waals surface area (Å²) in [6.45, 7) is 3.69. The molecule has 0 radical (unpaired) electrons. The number of H-pyrrole nitrogens is 1. The molecule has 0 aliphatic carbocycles. The summed E-state index contributed by atoms with van der Waals surface area (Å²) in [6, 6.07) is 7.68. The average Bonchev–Trinajstić information content (AvgIpc) is 2.98. The molecule has 5 heteroatoms. The van der Waals surface area contributed by atoms with Gasteiger partial charge in [-0.3, -0.25) is 9.89 Å². The highest BCUT2D eigenvalue weighted by Gasteiger charge is 2.34. The van der Waals surface area contributed by atoms with E-state index >= 15 is 0 Å². The molecule has 1 fully saturated rings. The highest BCUT2D eigenvalue weighted by atomic mass is 16.3. The normalized spacial score (nSPS) is 18.1. The van der Waals surface area contributed by atoms with Gasteiger partial charge >= 0.3 is 0 Å². The van der Waals surface area contributed by atoms with Crippen LogP contribution in [0.4, 0.5) is 0 Å². The lowest BCUT2D eigenvalue weighted by molar-refractivity contribution is 0.0336. The fourth-order valence-corrected chi connectivity index (χ4v) is 3.08. The van der Waals surface area contributed by atoms with E-state index in [1.54, 1.807) is 0 Å². The highest BCUT2D eigenvalue weighted by Crippen LogP contribution is 2.34. The quantitative estimate of drug-likeness (QED) is 0.909. The summed E-state index contributed by atoms with van der Waals surface area (Å²) < 4.78 is 0. The molecular formula is C16H21N3O2. The predicted molar refractivity (Wildman–Crippen MR) is 81.0 cm³/mol. The Morgan fingerprint density at radius 3 is 2.76 bits per heavy atom. The summed E-state index contributed by atoms with van der Waals surface area (Å²) >= 11 is 0. The number of nitrogens with one attached hydrogen (secondary N) is 1. The maximum atomic E-state index is 12.6. The van der Waals surface area contributed by atoms with Gasteiger partial charge in [0.2, 0.25) is 0 Å². The van der Waals surface area contributed by atoms with Gasteiger partial charge in [-0.05, 0) is 30.7 Å². The van der Waals surface area contributed by atoms with Gasteiger partial charge in [0, 0.05) is 25.1 Å². The van der Waals surface area contributed by atoms with Crippen LogP contribution in [0.15, 0.2) is 24.3 Å². The average molecular weight is 287 g/mol. The SMILES string of the molecule is CCC1(CO)CCN(C(=O)c2n[nH]c3ccccc23)CC1. The summed E-state index contributed by atoms with van der Waals surface area (Å²) in [5.74, 6) is -0.0184. The number of nitrogens with zero attached hydrogens (tertiary/aromatic N) is 2. The Morgan fingerprint density at radius 2 is 2.10 bits per heavy atom. The molecule has 0 saturated carbocycles. The van der Waals surface area contributed by atoms with E-state index in [1.807, 2.05) is 29.2 Å². The van der Waals surface area contributed by atoms with Crippen LogP contribution in [-0.2, 0) is 0 Å². The molecule has 0 unspecified atom stereocenters. The summed E-state index contributed by atoms with van der Waals surface area (Å²) in [6.07, 6.45) is 2.67. The number of aliphatic hydroxyl groups excluding tert-OH is 1. The molecule has 1 aliphatic rings. The second-order valence-corrected chi connectivity index (χ2v) is 5.92. The number of hydrogen-bond acceptors (Lipinski definition) is 3. The van der Waals surface area contributed by atoms with Crippen LogP contribution in [0.3, 0.4) is 0 Å². The lowest BCUT2D eigenvalue weighted by Gasteiger charge is -2.40. The van der Waals surface area contributed by atoms with E-state index in [0.717, 1.165) is 30.2 Å². The molecule has 0 bridgehead atoms. The number of carbonyl (C=O) groups is 1. The van der Waals surface area contributed by atoms with Gasteiger partial charge < -0.3 is 10.0 Å². The summed E-state index contributed by atoms with van der Waals surface area (Å²) in [5.41, 5.74) is 1.37. The Morgan fingerprint density at radius 1 is 1.38 bits per heavy atom. The van der Waals surface area contributed by atoms with Gasteiger partial charge in [0.05, 0.1) is 5.52 Å². The number of amides is 1. The van der Waals surface area contributed by atoms with Gasteiger partial charge in [-0.2, -0.15) is 5.10 Å². The van der Waals surface area contributed by atoms with Crippen molar-refractivity contribution in [2.75, 3.05) is 19.7 Å². The zero-order chi connectivity index (χ0) is 14.9. The minimum Gasteiger partial charge on any atom is -0.396 e. The van der Waals surface area contributed by atoms with E-state index in [-0.39, 0.29) is 17.9 Å². The first kappa shape index (κ1) is 14.1. The van der Waals surface area contributed by atoms with Gasteiger partial charge in [0.25, 0.3) is 5.91 Å². The molecule has 21 heavy (non-hydrogen) atoms. The summed E-state index contributed by atoms with van der Waals surface area (Å²) in [7, 11) is 0. The topological polar surface area (TPSA) is 69.2 Å². The number of rotatable bonds is 3. The van der Waals surface area contributed by atoms with E-state index < -0.39 is 0 Å². The Hall–Kier alpha value is -1.88. The first-order valence-electron chi connectivity index (χ1n) is 7.52. The number of fused-ring (bicyclic) bond motifs is 1. The minimum atomic E-state index is -0.0184. The fraction of sp³-hybridized carbons (Fsp3) is 0.500. The maximum absolute atomic E-state index is 12.6. The highest BCUT2D eigenvalue weighted by molar-refractivity contribution is 6.04. The van der Waals surface area contributed by atoms with Crippen molar-refractivity contribution in [3.63, 3.8) is 0 Å². The van der Waals surface area contributed by atoms with E-state index in [2.05, 4.69) is 17.1 Å². The van der Waals surface area contributed by atoms with Crippen LogP contribution < -0.4 is 0 Å². The maximum Gasteiger partial charge on any atom is 0.274 e. The first-order valence-corrected chi connectivity index (χ1v) is 7.52. The van der Waals surface area contributed by atoms with Crippen LogP contribution >= 0.6 is 0 Å². The van der Waals surface area contributed by atoms with Crippen molar-refractivity contribution in [1.29, 1.82) is 0 Å². The molecule has 2 heterocycles.